The Morgan fingerprint density at radius 1 is 1.40 bits per heavy atom. The monoisotopic (exact) mass is 291 g/mol. The van der Waals surface area contributed by atoms with Gasteiger partial charge in [0, 0.05) is 17.5 Å². The van der Waals surface area contributed by atoms with Crippen LogP contribution in [0, 0.1) is 11.8 Å². The molecule has 4 nitrogen and oxygen atoms in total. The van der Waals surface area contributed by atoms with Gasteiger partial charge < -0.3 is 11.5 Å². The predicted molar refractivity (Wildman–Crippen MR) is 82.1 cm³/mol. The molecule has 1 saturated carbocycles. The van der Waals surface area contributed by atoms with E-state index >= 15 is 0 Å². The molecule has 0 bridgehead atoms. The van der Waals surface area contributed by atoms with Crippen LogP contribution in [-0.4, -0.2) is 29.9 Å². The van der Waals surface area contributed by atoms with E-state index in [1.54, 1.807) is 11.3 Å². The third-order valence-corrected chi connectivity index (χ3v) is 4.52. The second kappa shape index (κ2) is 7.44. The quantitative estimate of drug-likeness (QED) is 0.803. The summed E-state index contributed by atoms with van der Waals surface area (Å²) in [5.41, 5.74) is 10.7. The average Bonchev–Trinajstić information content (AvgIpc) is 3.06. The zero-order chi connectivity index (χ0) is 14.4. The van der Waals surface area contributed by atoms with Crippen LogP contribution in [0.15, 0.2) is 12.1 Å². The van der Waals surface area contributed by atoms with Gasteiger partial charge in [-0.15, -0.1) is 11.3 Å². The maximum atomic E-state index is 11.3. The number of nitrogens with two attached hydrogens (primary N) is 2. The third kappa shape index (κ3) is 4.34. The standard InChI is InChI=1S/C15H21N3OS/c16-9-3-6-13-7-8-14(20-13)10-18(11-15(17)19)12-4-1-2-5-12/h7-8,12H,1-2,4-5,9-11,16H2,(H2,17,19). The first-order valence-corrected chi connectivity index (χ1v) is 7.80. The lowest BCUT2D eigenvalue weighted by Gasteiger charge is -2.26. The fraction of sp³-hybridized carbons (Fsp3) is 0.533. The van der Waals surface area contributed by atoms with Gasteiger partial charge in [0.15, 0.2) is 0 Å². The number of hydrogen-bond donors (Lipinski definition) is 2. The van der Waals surface area contributed by atoms with Crippen molar-refractivity contribution >= 4 is 17.2 Å². The second-order valence-corrected chi connectivity index (χ2v) is 6.25. The lowest BCUT2D eigenvalue weighted by Crippen LogP contribution is -2.39. The highest BCUT2D eigenvalue weighted by atomic mass is 32.1. The highest BCUT2D eigenvalue weighted by Gasteiger charge is 2.24. The van der Waals surface area contributed by atoms with Crippen LogP contribution in [0.25, 0.3) is 0 Å². The van der Waals surface area contributed by atoms with E-state index in [4.69, 9.17) is 11.5 Å². The van der Waals surface area contributed by atoms with E-state index in [1.807, 2.05) is 6.07 Å². The van der Waals surface area contributed by atoms with Crippen molar-refractivity contribution < 1.29 is 4.79 Å². The van der Waals surface area contributed by atoms with E-state index < -0.39 is 0 Å². The van der Waals surface area contributed by atoms with Gasteiger partial charge in [-0.05, 0) is 25.0 Å². The van der Waals surface area contributed by atoms with Crippen LogP contribution in [0.2, 0.25) is 0 Å². The number of primary amides is 1. The largest absolute Gasteiger partial charge is 0.369 e. The molecular formula is C15H21N3OS. The van der Waals surface area contributed by atoms with Gasteiger partial charge in [-0.25, -0.2) is 0 Å². The van der Waals surface area contributed by atoms with Crippen LogP contribution in [0.3, 0.4) is 0 Å². The molecule has 0 radical (unpaired) electrons. The maximum absolute atomic E-state index is 11.3. The number of rotatable bonds is 5. The number of hydrogen-bond acceptors (Lipinski definition) is 4. The Morgan fingerprint density at radius 3 is 2.80 bits per heavy atom. The molecule has 4 N–H and O–H groups in total. The smallest absolute Gasteiger partial charge is 0.231 e. The first kappa shape index (κ1) is 15.0. The molecule has 1 aromatic rings. The van der Waals surface area contributed by atoms with Gasteiger partial charge in [-0.3, -0.25) is 9.69 Å². The molecule has 0 atom stereocenters. The van der Waals surface area contributed by atoms with Crippen molar-refractivity contribution in [3.8, 4) is 11.8 Å². The molecule has 1 amide bonds. The number of carbonyl (C=O) groups excluding carboxylic acids is 1. The van der Waals surface area contributed by atoms with Crippen molar-refractivity contribution in [2.24, 2.45) is 11.5 Å². The topological polar surface area (TPSA) is 72.3 Å². The Morgan fingerprint density at radius 2 is 2.15 bits per heavy atom. The molecule has 0 saturated heterocycles. The number of amides is 1. The Bertz CT molecular complexity index is 509. The van der Waals surface area contributed by atoms with Crippen molar-refractivity contribution in [2.75, 3.05) is 13.1 Å². The zero-order valence-electron chi connectivity index (χ0n) is 11.6. The minimum atomic E-state index is -0.253. The van der Waals surface area contributed by atoms with Gasteiger partial charge in [0.25, 0.3) is 0 Å². The highest BCUT2D eigenvalue weighted by molar-refractivity contribution is 7.12. The van der Waals surface area contributed by atoms with Crippen LogP contribution in [0.4, 0.5) is 0 Å². The Hall–Kier alpha value is -1.35. The summed E-state index contributed by atoms with van der Waals surface area (Å²) in [6.07, 6.45) is 4.83. The van der Waals surface area contributed by atoms with Gasteiger partial charge in [-0.1, -0.05) is 24.7 Å². The summed E-state index contributed by atoms with van der Waals surface area (Å²) in [7, 11) is 0. The van der Waals surface area contributed by atoms with Crippen LogP contribution < -0.4 is 11.5 Å². The first-order valence-electron chi connectivity index (χ1n) is 6.99. The van der Waals surface area contributed by atoms with E-state index in [0.29, 0.717) is 19.1 Å². The fourth-order valence-electron chi connectivity index (χ4n) is 2.65. The van der Waals surface area contributed by atoms with E-state index in [0.717, 1.165) is 11.4 Å². The summed E-state index contributed by atoms with van der Waals surface area (Å²) in [6.45, 7) is 1.50. The molecule has 108 valence electrons. The van der Waals surface area contributed by atoms with Gasteiger partial charge in [-0.2, -0.15) is 0 Å². The van der Waals surface area contributed by atoms with Crippen LogP contribution in [-0.2, 0) is 11.3 Å². The van der Waals surface area contributed by atoms with E-state index in [1.165, 1.54) is 30.6 Å². The van der Waals surface area contributed by atoms with Crippen LogP contribution >= 0.6 is 11.3 Å². The highest BCUT2D eigenvalue weighted by Crippen LogP contribution is 2.26. The molecule has 1 aromatic heterocycles. The Labute approximate surface area is 124 Å². The minimum Gasteiger partial charge on any atom is -0.369 e. The molecule has 0 aliphatic heterocycles. The van der Waals surface area contributed by atoms with Gasteiger partial charge in [0.2, 0.25) is 5.91 Å². The molecule has 5 heteroatoms. The summed E-state index contributed by atoms with van der Waals surface area (Å²) >= 11 is 1.66. The predicted octanol–water partition coefficient (Wildman–Crippen LogP) is 1.29. The Kier molecular flexibility index (Phi) is 5.60. The van der Waals surface area contributed by atoms with Gasteiger partial charge >= 0.3 is 0 Å². The Balaban J connectivity index is 2.02. The van der Waals surface area contributed by atoms with Crippen molar-refractivity contribution in [1.29, 1.82) is 0 Å². The molecule has 1 aliphatic carbocycles. The SMILES string of the molecule is NCC#Cc1ccc(CN(CC(N)=O)C2CCCC2)s1. The van der Waals surface area contributed by atoms with Crippen LogP contribution in [0.1, 0.15) is 35.4 Å². The minimum absolute atomic E-state index is 0.253. The average molecular weight is 291 g/mol. The molecule has 0 aromatic carbocycles. The third-order valence-electron chi connectivity index (χ3n) is 3.53. The summed E-state index contributed by atoms with van der Waals surface area (Å²) in [5, 5.41) is 0. The normalized spacial score (nSPS) is 15.3. The van der Waals surface area contributed by atoms with Crippen molar-refractivity contribution in [3.05, 3.63) is 21.9 Å². The molecule has 0 unspecified atom stereocenters. The molecule has 1 aliphatic rings. The maximum Gasteiger partial charge on any atom is 0.231 e. The lowest BCUT2D eigenvalue weighted by atomic mass is 10.2. The number of nitrogens with zero attached hydrogens (tertiary/aromatic N) is 1. The number of thiophene rings is 1. The fourth-order valence-corrected chi connectivity index (χ4v) is 3.56. The van der Waals surface area contributed by atoms with E-state index in [9.17, 15) is 4.79 Å². The molecule has 1 fully saturated rings. The molecular weight excluding hydrogens is 270 g/mol. The molecule has 1 heterocycles. The lowest BCUT2D eigenvalue weighted by molar-refractivity contribution is -0.119. The van der Waals surface area contributed by atoms with E-state index in [2.05, 4.69) is 22.8 Å². The van der Waals surface area contributed by atoms with Crippen LogP contribution in [0.5, 0.6) is 0 Å². The number of carbonyl (C=O) groups is 1. The van der Waals surface area contributed by atoms with Crippen molar-refractivity contribution in [2.45, 2.75) is 38.3 Å². The van der Waals surface area contributed by atoms with Crippen molar-refractivity contribution in [3.63, 3.8) is 0 Å². The molecule has 2 rings (SSSR count). The molecule has 0 spiro atoms. The second-order valence-electron chi connectivity index (χ2n) is 5.08. The molecule has 20 heavy (non-hydrogen) atoms. The van der Waals surface area contributed by atoms with Gasteiger partial charge in [0.1, 0.15) is 0 Å². The summed E-state index contributed by atoms with van der Waals surface area (Å²) in [4.78, 5) is 15.7. The zero-order valence-corrected chi connectivity index (χ0v) is 12.4. The van der Waals surface area contributed by atoms with E-state index in [-0.39, 0.29) is 5.91 Å². The summed E-state index contributed by atoms with van der Waals surface area (Å²) in [6, 6.07) is 4.58. The van der Waals surface area contributed by atoms with Gasteiger partial charge in [0.05, 0.1) is 18.0 Å². The summed E-state index contributed by atoms with van der Waals surface area (Å²) < 4.78 is 0. The summed E-state index contributed by atoms with van der Waals surface area (Å²) in [5.74, 6) is 5.65. The first-order chi connectivity index (χ1) is 9.69. The van der Waals surface area contributed by atoms with Crippen molar-refractivity contribution in [1.82, 2.24) is 4.90 Å².